The van der Waals surface area contributed by atoms with E-state index >= 15 is 0 Å². The SMILES string of the molecule is CC1=CN2CC(O)CN=C2C=C1.[Cl-]. The lowest BCUT2D eigenvalue weighted by Gasteiger charge is -2.29. The summed E-state index contributed by atoms with van der Waals surface area (Å²) < 4.78 is 0. The van der Waals surface area contributed by atoms with Crippen molar-refractivity contribution >= 4 is 5.84 Å². The molecule has 2 aliphatic rings. The van der Waals surface area contributed by atoms with Gasteiger partial charge in [0.05, 0.1) is 19.2 Å². The van der Waals surface area contributed by atoms with E-state index in [1.54, 1.807) is 0 Å². The monoisotopic (exact) mass is 199 g/mol. The van der Waals surface area contributed by atoms with Gasteiger partial charge in [0.2, 0.25) is 0 Å². The van der Waals surface area contributed by atoms with Crippen LogP contribution in [-0.4, -0.2) is 35.0 Å². The number of halogens is 1. The Kier molecular flexibility index (Phi) is 3.12. The summed E-state index contributed by atoms with van der Waals surface area (Å²) in [6.45, 7) is 3.23. The van der Waals surface area contributed by atoms with Gasteiger partial charge in [0, 0.05) is 6.20 Å². The second kappa shape index (κ2) is 3.94. The van der Waals surface area contributed by atoms with Crippen LogP contribution in [-0.2, 0) is 0 Å². The van der Waals surface area contributed by atoms with Crippen LogP contribution in [0.25, 0.3) is 0 Å². The highest BCUT2D eigenvalue weighted by molar-refractivity contribution is 5.95. The van der Waals surface area contributed by atoms with Crippen molar-refractivity contribution in [3.05, 3.63) is 23.9 Å². The van der Waals surface area contributed by atoms with Gasteiger partial charge in [-0.25, -0.2) is 0 Å². The normalized spacial score (nSPS) is 25.7. The van der Waals surface area contributed by atoms with Crippen LogP contribution in [0.3, 0.4) is 0 Å². The average molecular weight is 200 g/mol. The van der Waals surface area contributed by atoms with Gasteiger partial charge >= 0.3 is 0 Å². The van der Waals surface area contributed by atoms with E-state index in [2.05, 4.69) is 4.99 Å². The number of hydrogen-bond donors (Lipinski definition) is 1. The van der Waals surface area contributed by atoms with Crippen LogP contribution in [0.15, 0.2) is 28.9 Å². The zero-order valence-electron chi connectivity index (χ0n) is 7.44. The Morgan fingerprint density at radius 1 is 1.54 bits per heavy atom. The minimum atomic E-state index is -0.315. The molecule has 4 heteroatoms. The molecule has 0 fully saturated rings. The number of nitrogens with zero attached hydrogens (tertiary/aromatic N) is 2. The summed E-state index contributed by atoms with van der Waals surface area (Å²) in [6.07, 6.45) is 5.72. The first-order valence-corrected chi connectivity index (χ1v) is 4.11. The fraction of sp³-hybridized carbons (Fsp3) is 0.444. The summed E-state index contributed by atoms with van der Waals surface area (Å²) in [6, 6.07) is 0. The zero-order valence-corrected chi connectivity index (χ0v) is 8.20. The molecule has 72 valence electrons. The first-order chi connectivity index (χ1) is 5.75. The number of aliphatic hydroxyl groups is 1. The van der Waals surface area contributed by atoms with Gasteiger partial charge in [-0.05, 0) is 18.6 Å². The van der Waals surface area contributed by atoms with Crippen molar-refractivity contribution in [1.82, 2.24) is 4.90 Å². The number of rotatable bonds is 0. The van der Waals surface area contributed by atoms with Gasteiger partial charge in [0.1, 0.15) is 5.84 Å². The number of aliphatic imine (C=N–C) groups is 1. The minimum absolute atomic E-state index is 0. The molecule has 3 nitrogen and oxygen atoms in total. The van der Waals surface area contributed by atoms with Crippen LogP contribution < -0.4 is 12.4 Å². The number of allylic oxidation sites excluding steroid dienone is 2. The van der Waals surface area contributed by atoms with Gasteiger partial charge < -0.3 is 22.4 Å². The fourth-order valence-corrected chi connectivity index (χ4v) is 1.43. The smallest absolute Gasteiger partial charge is 0.127 e. The molecule has 0 saturated heterocycles. The quantitative estimate of drug-likeness (QED) is 0.470. The lowest BCUT2D eigenvalue weighted by Crippen LogP contribution is -3.00. The van der Waals surface area contributed by atoms with E-state index in [9.17, 15) is 5.11 Å². The summed E-state index contributed by atoms with van der Waals surface area (Å²) in [5.74, 6) is 0.964. The van der Waals surface area contributed by atoms with E-state index in [-0.39, 0.29) is 18.5 Å². The van der Waals surface area contributed by atoms with Crippen molar-refractivity contribution in [2.24, 2.45) is 4.99 Å². The van der Waals surface area contributed by atoms with Crippen molar-refractivity contribution < 1.29 is 17.5 Å². The zero-order chi connectivity index (χ0) is 8.55. The maximum Gasteiger partial charge on any atom is 0.127 e. The van der Waals surface area contributed by atoms with E-state index < -0.39 is 0 Å². The average Bonchev–Trinajstić information content (AvgIpc) is 2.03. The molecule has 2 rings (SSSR count). The molecule has 1 N–H and O–H groups in total. The third-order valence-corrected chi connectivity index (χ3v) is 2.02. The fourth-order valence-electron chi connectivity index (χ4n) is 1.43. The Balaban J connectivity index is 0.000000845. The van der Waals surface area contributed by atoms with E-state index in [4.69, 9.17) is 0 Å². The summed E-state index contributed by atoms with van der Waals surface area (Å²) >= 11 is 0. The van der Waals surface area contributed by atoms with Crippen LogP contribution in [0.5, 0.6) is 0 Å². The second-order valence-electron chi connectivity index (χ2n) is 3.21. The molecule has 0 saturated carbocycles. The highest BCUT2D eigenvalue weighted by Crippen LogP contribution is 2.13. The molecule has 13 heavy (non-hydrogen) atoms. The molecule has 0 spiro atoms. The molecule has 2 aliphatic heterocycles. The van der Waals surface area contributed by atoms with E-state index in [1.165, 1.54) is 5.57 Å². The second-order valence-corrected chi connectivity index (χ2v) is 3.21. The van der Waals surface area contributed by atoms with Gasteiger partial charge in [0.15, 0.2) is 0 Å². The van der Waals surface area contributed by atoms with Crippen LogP contribution in [0.4, 0.5) is 0 Å². The standard InChI is InChI=1S/C9H12N2O.ClH/c1-7-2-3-9-10-4-8(12)6-11(9)5-7;/h2-3,5,8,12H,4,6H2,1H3;1H/p-1. The Labute approximate surface area is 83.9 Å². The molecule has 0 amide bonds. The van der Waals surface area contributed by atoms with Crippen molar-refractivity contribution in [2.75, 3.05) is 13.1 Å². The minimum Gasteiger partial charge on any atom is -1.00 e. The molecule has 0 aromatic rings. The molecular weight excluding hydrogens is 188 g/mol. The first kappa shape index (κ1) is 10.3. The molecular formula is C9H12ClN2O-. The number of aliphatic hydroxyl groups excluding tert-OH is 1. The molecule has 0 bridgehead atoms. The largest absolute Gasteiger partial charge is 1.00 e. The molecule has 0 aliphatic carbocycles. The summed E-state index contributed by atoms with van der Waals surface area (Å²) in [5.41, 5.74) is 1.20. The first-order valence-electron chi connectivity index (χ1n) is 4.11. The highest BCUT2D eigenvalue weighted by atomic mass is 35.5. The molecule has 1 unspecified atom stereocenters. The topological polar surface area (TPSA) is 35.8 Å². The van der Waals surface area contributed by atoms with Crippen molar-refractivity contribution in [1.29, 1.82) is 0 Å². The van der Waals surface area contributed by atoms with Gasteiger partial charge in [-0.3, -0.25) is 4.99 Å². The number of hydrogen-bond acceptors (Lipinski definition) is 3. The summed E-state index contributed by atoms with van der Waals surface area (Å²) in [4.78, 5) is 6.22. The van der Waals surface area contributed by atoms with Gasteiger partial charge in [0.25, 0.3) is 0 Å². The number of fused-ring (bicyclic) bond motifs is 1. The Morgan fingerprint density at radius 3 is 3.08 bits per heavy atom. The van der Waals surface area contributed by atoms with E-state index in [1.807, 2.05) is 30.2 Å². The third kappa shape index (κ3) is 2.11. The molecule has 1 atom stereocenters. The Morgan fingerprint density at radius 2 is 2.31 bits per heavy atom. The van der Waals surface area contributed by atoms with Gasteiger partial charge in [-0.2, -0.15) is 0 Å². The van der Waals surface area contributed by atoms with E-state index in [0.29, 0.717) is 13.1 Å². The summed E-state index contributed by atoms with van der Waals surface area (Å²) in [7, 11) is 0. The molecule has 0 radical (unpaired) electrons. The third-order valence-electron chi connectivity index (χ3n) is 2.02. The maximum absolute atomic E-state index is 9.33. The molecule has 0 aromatic heterocycles. The Hall–Kier alpha value is -0.800. The van der Waals surface area contributed by atoms with Crippen LogP contribution in [0.1, 0.15) is 6.92 Å². The molecule has 2 heterocycles. The predicted octanol–water partition coefficient (Wildman–Crippen LogP) is -2.46. The van der Waals surface area contributed by atoms with E-state index in [0.717, 1.165) is 5.84 Å². The van der Waals surface area contributed by atoms with Crippen LogP contribution in [0.2, 0.25) is 0 Å². The van der Waals surface area contributed by atoms with Gasteiger partial charge in [-0.1, -0.05) is 6.08 Å². The van der Waals surface area contributed by atoms with Crippen LogP contribution in [0, 0.1) is 0 Å². The van der Waals surface area contributed by atoms with Crippen molar-refractivity contribution in [3.8, 4) is 0 Å². The van der Waals surface area contributed by atoms with Gasteiger partial charge in [-0.15, -0.1) is 0 Å². The maximum atomic E-state index is 9.33. The lowest BCUT2D eigenvalue weighted by atomic mass is 10.2. The lowest BCUT2D eigenvalue weighted by molar-refractivity contribution is -0.00000440. The predicted molar refractivity (Wildman–Crippen MR) is 47.9 cm³/mol. The molecule has 0 aromatic carbocycles. The highest BCUT2D eigenvalue weighted by Gasteiger charge is 2.19. The number of amidine groups is 1. The van der Waals surface area contributed by atoms with Crippen molar-refractivity contribution in [3.63, 3.8) is 0 Å². The van der Waals surface area contributed by atoms with Crippen molar-refractivity contribution in [2.45, 2.75) is 13.0 Å². The summed E-state index contributed by atoms with van der Waals surface area (Å²) in [5, 5.41) is 9.33. The Bertz CT molecular complexity index is 283. The van der Waals surface area contributed by atoms with Crippen LogP contribution >= 0.6 is 0 Å².